The Hall–Kier alpha value is -1.55. The van der Waals surface area contributed by atoms with Crippen LogP contribution in [0.3, 0.4) is 0 Å². The molecule has 2 aliphatic rings. The summed E-state index contributed by atoms with van der Waals surface area (Å²) in [5.41, 5.74) is 0.624. The lowest BCUT2D eigenvalue weighted by atomic mass is 10.0. The quantitative estimate of drug-likeness (QED) is 0.835. The van der Waals surface area contributed by atoms with E-state index >= 15 is 0 Å². The molecular formula is C17H21ClN2O2. The summed E-state index contributed by atoms with van der Waals surface area (Å²) < 4.78 is 0. The van der Waals surface area contributed by atoms with Gasteiger partial charge in [0, 0.05) is 16.8 Å². The highest BCUT2D eigenvalue weighted by Gasteiger charge is 2.56. The van der Waals surface area contributed by atoms with Crippen LogP contribution in [0.25, 0.3) is 0 Å². The first kappa shape index (κ1) is 15.3. The molecular weight excluding hydrogens is 300 g/mol. The van der Waals surface area contributed by atoms with Crippen molar-refractivity contribution in [2.75, 3.05) is 5.32 Å². The zero-order valence-electron chi connectivity index (χ0n) is 12.7. The maximum atomic E-state index is 12.6. The standard InChI is InChI=1S/C17H21ClN2O2/c1-11-13(18)7-4-8-14(11)20-16(22)17(9-10-17)15(21)19-12-5-2-3-6-12/h4,7-8,12H,2-3,5-6,9-10H2,1H3,(H,19,21)(H,20,22). The van der Waals surface area contributed by atoms with Gasteiger partial charge in [0.15, 0.2) is 0 Å². The molecule has 0 aromatic heterocycles. The minimum absolute atomic E-state index is 0.114. The Morgan fingerprint density at radius 3 is 2.50 bits per heavy atom. The molecule has 2 saturated carbocycles. The number of nitrogens with one attached hydrogen (secondary N) is 2. The van der Waals surface area contributed by atoms with Crippen molar-refractivity contribution in [1.82, 2.24) is 5.32 Å². The van der Waals surface area contributed by atoms with Crippen LogP contribution in [-0.2, 0) is 9.59 Å². The lowest BCUT2D eigenvalue weighted by Gasteiger charge is -2.19. The second kappa shape index (κ2) is 5.92. The lowest BCUT2D eigenvalue weighted by molar-refractivity contribution is -0.134. The van der Waals surface area contributed by atoms with Crippen molar-refractivity contribution in [1.29, 1.82) is 0 Å². The van der Waals surface area contributed by atoms with Crippen LogP contribution in [-0.4, -0.2) is 17.9 Å². The zero-order chi connectivity index (χ0) is 15.7. The number of carbonyl (C=O) groups excluding carboxylic acids is 2. The van der Waals surface area contributed by atoms with Crippen LogP contribution in [0.5, 0.6) is 0 Å². The van der Waals surface area contributed by atoms with Crippen LogP contribution in [0.2, 0.25) is 5.02 Å². The van der Waals surface area contributed by atoms with Crippen molar-refractivity contribution in [2.45, 2.75) is 51.5 Å². The molecule has 2 N–H and O–H groups in total. The highest BCUT2D eigenvalue weighted by Crippen LogP contribution is 2.47. The highest BCUT2D eigenvalue weighted by atomic mass is 35.5. The molecule has 0 unspecified atom stereocenters. The largest absolute Gasteiger partial charge is 0.352 e. The van der Waals surface area contributed by atoms with Gasteiger partial charge in [0.1, 0.15) is 5.41 Å². The molecule has 2 aliphatic carbocycles. The molecule has 0 radical (unpaired) electrons. The minimum atomic E-state index is -0.878. The molecule has 0 saturated heterocycles. The summed E-state index contributed by atoms with van der Waals surface area (Å²) in [5, 5.41) is 6.53. The summed E-state index contributed by atoms with van der Waals surface area (Å²) >= 11 is 6.07. The minimum Gasteiger partial charge on any atom is -0.352 e. The third kappa shape index (κ3) is 2.84. The van der Waals surface area contributed by atoms with E-state index in [-0.39, 0.29) is 17.9 Å². The number of rotatable bonds is 4. The smallest absolute Gasteiger partial charge is 0.240 e. The highest BCUT2D eigenvalue weighted by molar-refractivity contribution is 6.31. The van der Waals surface area contributed by atoms with E-state index in [2.05, 4.69) is 10.6 Å². The second-order valence-electron chi connectivity index (χ2n) is 6.40. The molecule has 3 rings (SSSR count). The fourth-order valence-electron chi connectivity index (χ4n) is 3.06. The van der Waals surface area contributed by atoms with Crippen molar-refractivity contribution in [3.05, 3.63) is 28.8 Å². The van der Waals surface area contributed by atoms with Gasteiger partial charge in [-0.05, 0) is 50.3 Å². The number of carbonyl (C=O) groups is 2. The van der Waals surface area contributed by atoms with Crippen LogP contribution in [0.15, 0.2) is 18.2 Å². The summed E-state index contributed by atoms with van der Waals surface area (Å²) in [4.78, 5) is 25.0. The number of anilines is 1. The zero-order valence-corrected chi connectivity index (χ0v) is 13.5. The van der Waals surface area contributed by atoms with Crippen molar-refractivity contribution in [3.8, 4) is 0 Å². The number of halogens is 1. The predicted octanol–water partition coefficient (Wildman–Crippen LogP) is 3.43. The normalized spacial score (nSPS) is 19.7. The Labute approximate surface area is 135 Å². The molecule has 0 atom stereocenters. The van der Waals surface area contributed by atoms with Crippen molar-refractivity contribution < 1.29 is 9.59 Å². The number of amides is 2. The van der Waals surface area contributed by atoms with Gasteiger partial charge in [-0.25, -0.2) is 0 Å². The Kier molecular flexibility index (Phi) is 4.13. The molecule has 2 amide bonds. The average Bonchev–Trinajstić information content (AvgIpc) is 3.16. The topological polar surface area (TPSA) is 58.2 Å². The third-order valence-electron chi connectivity index (χ3n) is 4.83. The fourth-order valence-corrected chi connectivity index (χ4v) is 3.24. The van der Waals surface area contributed by atoms with Crippen LogP contribution in [0.4, 0.5) is 5.69 Å². The van der Waals surface area contributed by atoms with Crippen LogP contribution < -0.4 is 10.6 Å². The van der Waals surface area contributed by atoms with Gasteiger partial charge in [-0.3, -0.25) is 9.59 Å². The Morgan fingerprint density at radius 2 is 1.86 bits per heavy atom. The maximum Gasteiger partial charge on any atom is 0.240 e. The van der Waals surface area contributed by atoms with E-state index in [0.29, 0.717) is 23.6 Å². The van der Waals surface area contributed by atoms with Gasteiger partial charge in [0.05, 0.1) is 0 Å². The van der Waals surface area contributed by atoms with Crippen LogP contribution in [0.1, 0.15) is 44.1 Å². The predicted molar refractivity (Wildman–Crippen MR) is 86.9 cm³/mol. The molecule has 1 aromatic carbocycles. The molecule has 22 heavy (non-hydrogen) atoms. The van der Waals surface area contributed by atoms with Crippen LogP contribution in [0, 0.1) is 12.3 Å². The molecule has 2 fully saturated rings. The summed E-state index contributed by atoms with van der Waals surface area (Å²) in [6, 6.07) is 5.63. The van der Waals surface area contributed by atoms with Gasteiger partial charge in [-0.15, -0.1) is 0 Å². The van der Waals surface area contributed by atoms with Gasteiger partial charge in [-0.2, -0.15) is 0 Å². The van der Waals surface area contributed by atoms with E-state index in [9.17, 15) is 9.59 Å². The molecule has 1 aromatic rings. The number of hydrogen-bond donors (Lipinski definition) is 2. The fraction of sp³-hybridized carbons (Fsp3) is 0.529. The van der Waals surface area contributed by atoms with Crippen LogP contribution >= 0.6 is 11.6 Å². The maximum absolute atomic E-state index is 12.6. The van der Waals surface area contributed by atoms with E-state index < -0.39 is 5.41 Å². The van der Waals surface area contributed by atoms with E-state index in [1.54, 1.807) is 12.1 Å². The van der Waals surface area contributed by atoms with Gasteiger partial charge in [-0.1, -0.05) is 30.5 Å². The van der Waals surface area contributed by atoms with Gasteiger partial charge >= 0.3 is 0 Å². The molecule has 0 spiro atoms. The van der Waals surface area contributed by atoms with Gasteiger partial charge in [0.25, 0.3) is 0 Å². The van der Waals surface area contributed by atoms with Crippen molar-refractivity contribution in [2.24, 2.45) is 5.41 Å². The average molecular weight is 321 g/mol. The summed E-state index contributed by atoms with van der Waals surface area (Å²) in [5.74, 6) is -0.329. The molecule has 4 nitrogen and oxygen atoms in total. The monoisotopic (exact) mass is 320 g/mol. The molecule has 0 bridgehead atoms. The molecule has 118 valence electrons. The first-order valence-electron chi connectivity index (χ1n) is 7.90. The third-order valence-corrected chi connectivity index (χ3v) is 5.24. The van der Waals surface area contributed by atoms with Crippen molar-refractivity contribution >= 4 is 29.1 Å². The first-order chi connectivity index (χ1) is 10.5. The summed E-state index contributed by atoms with van der Waals surface area (Å²) in [6.45, 7) is 1.86. The lowest BCUT2D eigenvalue weighted by Crippen LogP contribution is -2.43. The second-order valence-corrected chi connectivity index (χ2v) is 6.81. The Balaban J connectivity index is 1.68. The summed E-state index contributed by atoms with van der Waals surface area (Å²) in [6.07, 6.45) is 5.61. The summed E-state index contributed by atoms with van der Waals surface area (Å²) in [7, 11) is 0. The number of benzene rings is 1. The Bertz CT molecular complexity index is 605. The molecule has 5 heteroatoms. The van der Waals surface area contributed by atoms with E-state index in [0.717, 1.165) is 31.2 Å². The van der Waals surface area contributed by atoms with E-state index in [1.807, 2.05) is 13.0 Å². The Morgan fingerprint density at radius 1 is 1.18 bits per heavy atom. The SMILES string of the molecule is Cc1c(Cl)cccc1NC(=O)C1(C(=O)NC2CCCC2)CC1. The number of hydrogen-bond acceptors (Lipinski definition) is 2. The van der Waals surface area contributed by atoms with Gasteiger partial charge < -0.3 is 10.6 Å². The first-order valence-corrected chi connectivity index (χ1v) is 8.28. The van der Waals surface area contributed by atoms with Crippen molar-refractivity contribution in [3.63, 3.8) is 0 Å². The van der Waals surface area contributed by atoms with E-state index in [4.69, 9.17) is 11.6 Å². The van der Waals surface area contributed by atoms with E-state index in [1.165, 1.54) is 0 Å². The van der Waals surface area contributed by atoms with Gasteiger partial charge in [0.2, 0.25) is 11.8 Å². The molecule has 0 heterocycles. The molecule has 0 aliphatic heterocycles.